The number of hydrogen-bond acceptors (Lipinski definition) is 1. The molecule has 14 heavy (non-hydrogen) atoms. The first-order chi connectivity index (χ1) is 6.74. The molecule has 0 N–H and O–H groups in total. The summed E-state index contributed by atoms with van der Waals surface area (Å²) in [6, 6.07) is 0. The smallest absolute Gasteiger partial charge is 0.204 e. The molecule has 0 aromatic heterocycles. The molecule has 1 unspecified atom stereocenters. The van der Waals surface area contributed by atoms with Crippen LogP contribution in [0.25, 0.3) is 0 Å². The van der Waals surface area contributed by atoms with E-state index in [4.69, 9.17) is 10.8 Å². The topological polar surface area (TPSA) is 9.23 Å². The molecule has 1 rings (SSSR count). The zero-order chi connectivity index (χ0) is 10.4. The van der Waals surface area contributed by atoms with E-state index in [2.05, 4.69) is 19.0 Å². The summed E-state index contributed by atoms with van der Waals surface area (Å²) in [6.45, 7) is 5.13. The van der Waals surface area contributed by atoms with Crippen molar-refractivity contribution in [3.8, 4) is 12.3 Å². The predicted octanol–water partition coefficient (Wildman–Crippen LogP) is 3.08. The molecule has 0 heterocycles. The van der Waals surface area contributed by atoms with E-state index in [-0.39, 0.29) is 0 Å². The minimum Gasteiger partial charge on any atom is -0.416 e. The fraction of sp³-hybridized carbons (Fsp3) is 0.833. The van der Waals surface area contributed by atoms with Crippen molar-refractivity contribution in [2.45, 2.75) is 45.2 Å². The summed E-state index contributed by atoms with van der Waals surface area (Å²) in [6.07, 6.45) is 12.3. The van der Waals surface area contributed by atoms with Gasteiger partial charge in [0.05, 0.1) is 0 Å². The molecule has 1 aliphatic carbocycles. The summed E-state index contributed by atoms with van der Waals surface area (Å²) in [5.74, 6) is 4.02. The minimum atomic E-state index is -0.573. The van der Waals surface area contributed by atoms with Crippen LogP contribution in [0.5, 0.6) is 0 Å². The Bertz CT molecular complexity index is 189. The third-order valence-electron chi connectivity index (χ3n) is 2.98. The van der Waals surface area contributed by atoms with Crippen LogP contribution in [0.15, 0.2) is 0 Å². The van der Waals surface area contributed by atoms with Crippen LogP contribution in [0.2, 0.25) is 13.1 Å². The van der Waals surface area contributed by atoms with Crippen LogP contribution >= 0.6 is 0 Å². The normalized spacial score (nSPS) is 20.7. The number of terminal acetylenes is 1. The van der Waals surface area contributed by atoms with E-state index in [0.29, 0.717) is 5.92 Å². The lowest BCUT2D eigenvalue weighted by Gasteiger charge is -2.27. The van der Waals surface area contributed by atoms with Crippen LogP contribution in [0, 0.1) is 24.2 Å². The maximum atomic E-state index is 5.71. The molecule has 0 saturated heterocycles. The van der Waals surface area contributed by atoms with Crippen molar-refractivity contribution in [2.75, 3.05) is 6.61 Å². The van der Waals surface area contributed by atoms with E-state index in [0.717, 1.165) is 12.5 Å². The second-order valence-corrected chi connectivity index (χ2v) is 6.50. The van der Waals surface area contributed by atoms with Gasteiger partial charge in [-0.3, -0.25) is 0 Å². The Hall–Kier alpha value is -0.263. The highest BCUT2D eigenvalue weighted by Crippen LogP contribution is 2.29. The van der Waals surface area contributed by atoms with Crippen molar-refractivity contribution in [1.82, 2.24) is 0 Å². The van der Waals surface area contributed by atoms with Crippen molar-refractivity contribution in [3.63, 3.8) is 0 Å². The number of hydrogen-bond donors (Lipinski definition) is 0. The first-order valence-corrected chi connectivity index (χ1v) is 8.04. The standard InChI is InChI=1S/C12H21OSi/c1-4-11(10-13-14(2)3)12-8-6-5-7-9-12/h1,11-12H,5-10H2,2-3H3. The summed E-state index contributed by atoms with van der Waals surface area (Å²) < 4.78 is 5.71. The highest BCUT2D eigenvalue weighted by atomic mass is 28.3. The molecule has 0 aliphatic heterocycles. The molecule has 1 saturated carbocycles. The molecule has 2 heteroatoms. The molecule has 1 nitrogen and oxygen atoms in total. The Morgan fingerprint density at radius 1 is 1.36 bits per heavy atom. The van der Waals surface area contributed by atoms with Crippen LogP contribution in [0.1, 0.15) is 32.1 Å². The van der Waals surface area contributed by atoms with Crippen molar-refractivity contribution in [3.05, 3.63) is 0 Å². The van der Waals surface area contributed by atoms with Gasteiger partial charge in [-0.05, 0) is 31.9 Å². The van der Waals surface area contributed by atoms with Crippen LogP contribution in [-0.2, 0) is 4.43 Å². The van der Waals surface area contributed by atoms with Crippen LogP contribution in [0.4, 0.5) is 0 Å². The maximum absolute atomic E-state index is 5.71. The molecule has 0 amide bonds. The average molecular weight is 209 g/mol. The highest BCUT2D eigenvalue weighted by molar-refractivity contribution is 6.48. The molecule has 0 spiro atoms. The lowest BCUT2D eigenvalue weighted by Crippen LogP contribution is -2.23. The van der Waals surface area contributed by atoms with Gasteiger partial charge in [0.15, 0.2) is 0 Å². The highest BCUT2D eigenvalue weighted by Gasteiger charge is 2.22. The lowest BCUT2D eigenvalue weighted by molar-refractivity contribution is 0.202. The van der Waals surface area contributed by atoms with E-state index in [1.807, 2.05) is 0 Å². The Kier molecular flexibility index (Phi) is 5.28. The van der Waals surface area contributed by atoms with E-state index < -0.39 is 9.04 Å². The Balaban J connectivity index is 2.33. The molecular formula is C12H21OSi. The van der Waals surface area contributed by atoms with E-state index in [9.17, 15) is 0 Å². The minimum absolute atomic E-state index is 0.371. The molecule has 1 radical (unpaired) electrons. The molecule has 0 aromatic carbocycles. The van der Waals surface area contributed by atoms with Crippen molar-refractivity contribution >= 4 is 9.04 Å². The SMILES string of the molecule is C#CC(CO[Si](C)C)C1CCCCC1. The second-order valence-electron chi connectivity index (χ2n) is 4.39. The van der Waals surface area contributed by atoms with Crippen molar-refractivity contribution in [2.24, 2.45) is 11.8 Å². The van der Waals surface area contributed by atoms with Gasteiger partial charge < -0.3 is 4.43 Å². The van der Waals surface area contributed by atoms with Gasteiger partial charge in [0.25, 0.3) is 0 Å². The average Bonchev–Trinajstić information content (AvgIpc) is 2.20. The third-order valence-corrected chi connectivity index (χ3v) is 3.73. The summed E-state index contributed by atoms with van der Waals surface area (Å²) >= 11 is 0. The third kappa shape index (κ3) is 3.85. The largest absolute Gasteiger partial charge is 0.416 e. The van der Waals surface area contributed by atoms with Gasteiger partial charge in [-0.25, -0.2) is 0 Å². The Labute approximate surface area is 90.0 Å². The number of rotatable bonds is 4. The van der Waals surface area contributed by atoms with Gasteiger partial charge in [0.1, 0.15) is 0 Å². The maximum Gasteiger partial charge on any atom is 0.204 e. The Morgan fingerprint density at radius 3 is 2.50 bits per heavy atom. The van der Waals surface area contributed by atoms with E-state index >= 15 is 0 Å². The molecule has 1 atom stereocenters. The van der Waals surface area contributed by atoms with Gasteiger partial charge in [-0.1, -0.05) is 19.3 Å². The molecule has 1 fully saturated rings. The summed E-state index contributed by atoms with van der Waals surface area (Å²) in [5, 5.41) is 0. The molecule has 0 aromatic rings. The quantitative estimate of drug-likeness (QED) is 0.511. The molecule has 79 valence electrons. The molecular weight excluding hydrogens is 188 g/mol. The fourth-order valence-corrected chi connectivity index (χ4v) is 2.63. The van der Waals surface area contributed by atoms with Gasteiger partial charge in [0.2, 0.25) is 9.04 Å². The Morgan fingerprint density at radius 2 is 2.00 bits per heavy atom. The summed E-state index contributed by atoms with van der Waals surface area (Å²) in [7, 11) is -0.573. The first kappa shape index (κ1) is 11.8. The lowest BCUT2D eigenvalue weighted by atomic mass is 9.81. The van der Waals surface area contributed by atoms with Crippen LogP contribution in [0.3, 0.4) is 0 Å². The van der Waals surface area contributed by atoms with Crippen molar-refractivity contribution < 1.29 is 4.43 Å². The first-order valence-electron chi connectivity index (χ1n) is 5.63. The van der Waals surface area contributed by atoms with Gasteiger partial charge >= 0.3 is 0 Å². The molecule has 0 bridgehead atoms. The zero-order valence-corrected chi connectivity index (χ0v) is 10.4. The molecule has 1 aliphatic rings. The van der Waals surface area contributed by atoms with Crippen molar-refractivity contribution in [1.29, 1.82) is 0 Å². The van der Waals surface area contributed by atoms with Crippen LogP contribution in [-0.4, -0.2) is 15.6 Å². The summed E-state index contributed by atoms with van der Waals surface area (Å²) in [4.78, 5) is 0. The zero-order valence-electron chi connectivity index (χ0n) is 9.38. The monoisotopic (exact) mass is 209 g/mol. The van der Waals surface area contributed by atoms with Gasteiger partial charge in [0, 0.05) is 12.5 Å². The summed E-state index contributed by atoms with van der Waals surface area (Å²) in [5.41, 5.74) is 0. The van der Waals surface area contributed by atoms with Gasteiger partial charge in [-0.2, -0.15) is 0 Å². The van der Waals surface area contributed by atoms with E-state index in [1.54, 1.807) is 0 Å². The van der Waals surface area contributed by atoms with Gasteiger partial charge in [-0.15, -0.1) is 12.3 Å². The second kappa shape index (κ2) is 6.26. The predicted molar refractivity (Wildman–Crippen MR) is 62.3 cm³/mol. The van der Waals surface area contributed by atoms with E-state index in [1.165, 1.54) is 32.1 Å². The van der Waals surface area contributed by atoms with Crippen LogP contribution < -0.4 is 0 Å². The fourth-order valence-electron chi connectivity index (χ4n) is 2.11.